The number of anilines is 2. The van der Waals surface area contributed by atoms with E-state index >= 15 is 0 Å². The van der Waals surface area contributed by atoms with Gasteiger partial charge in [0.15, 0.2) is 0 Å². The van der Waals surface area contributed by atoms with Crippen molar-refractivity contribution >= 4 is 35.1 Å². The fourth-order valence-electron chi connectivity index (χ4n) is 3.92. The zero-order valence-electron chi connectivity index (χ0n) is 21.3. The van der Waals surface area contributed by atoms with Crippen molar-refractivity contribution in [2.24, 2.45) is 0 Å². The van der Waals surface area contributed by atoms with Gasteiger partial charge in [-0.05, 0) is 48.5 Å². The minimum atomic E-state index is -1.39. The van der Waals surface area contributed by atoms with Crippen molar-refractivity contribution < 1.29 is 37.8 Å². The zero-order valence-corrected chi connectivity index (χ0v) is 21.3. The maximum absolute atomic E-state index is 13.5. The van der Waals surface area contributed by atoms with Gasteiger partial charge in [-0.2, -0.15) is 0 Å². The first kappa shape index (κ1) is 26.9. The van der Waals surface area contributed by atoms with Crippen LogP contribution in [0.15, 0.2) is 66.7 Å². The fourth-order valence-corrected chi connectivity index (χ4v) is 3.92. The Morgan fingerprint density at radius 3 is 2.13 bits per heavy atom. The molecule has 0 spiro atoms. The number of benzene rings is 3. The van der Waals surface area contributed by atoms with Gasteiger partial charge in [0.25, 0.3) is 11.8 Å². The maximum atomic E-state index is 13.5. The van der Waals surface area contributed by atoms with E-state index < -0.39 is 42.0 Å². The van der Waals surface area contributed by atoms with E-state index in [1.807, 2.05) is 0 Å². The highest BCUT2D eigenvalue weighted by atomic mass is 19.1. The minimum absolute atomic E-state index is 0.0841. The molecule has 0 unspecified atom stereocenters. The molecule has 11 nitrogen and oxygen atoms in total. The topological polar surface area (TPSA) is 127 Å². The highest BCUT2D eigenvalue weighted by molar-refractivity contribution is 6.22. The van der Waals surface area contributed by atoms with Gasteiger partial charge >= 0.3 is 6.03 Å². The number of hydrogen-bond donors (Lipinski definition) is 2. The molecule has 1 atom stereocenters. The minimum Gasteiger partial charge on any atom is -0.497 e. The van der Waals surface area contributed by atoms with Gasteiger partial charge in [0.1, 0.15) is 29.1 Å². The Morgan fingerprint density at radius 2 is 1.51 bits per heavy atom. The normalized spacial score (nSPS) is 14.7. The molecular weight excluding hydrogens is 511 g/mol. The number of hydrogen-bond acceptors (Lipinski definition) is 7. The van der Waals surface area contributed by atoms with E-state index in [2.05, 4.69) is 10.7 Å². The second-order valence-electron chi connectivity index (χ2n) is 8.34. The third-order valence-corrected chi connectivity index (χ3v) is 5.87. The summed E-state index contributed by atoms with van der Waals surface area (Å²) >= 11 is 0. The lowest BCUT2D eigenvalue weighted by atomic mass is 10.1. The summed E-state index contributed by atoms with van der Waals surface area (Å²) in [5, 5.41) is 3.37. The molecule has 1 aliphatic heterocycles. The van der Waals surface area contributed by atoms with Gasteiger partial charge in [-0.1, -0.05) is 6.07 Å². The Morgan fingerprint density at radius 1 is 0.872 bits per heavy atom. The van der Waals surface area contributed by atoms with Crippen LogP contribution in [0.2, 0.25) is 0 Å². The fraction of sp³-hybridized carbons (Fsp3) is 0.185. The summed E-state index contributed by atoms with van der Waals surface area (Å²) in [4.78, 5) is 53.8. The second kappa shape index (κ2) is 11.5. The molecule has 1 saturated heterocycles. The molecule has 0 saturated carbocycles. The van der Waals surface area contributed by atoms with Gasteiger partial charge in [0.2, 0.25) is 5.91 Å². The average Bonchev–Trinajstić information content (AvgIpc) is 3.17. The van der Waals surface area contributed by atoms with E-state index in [-0.39, 0.29) is 11.3 Å². The average molecular weight is 537 g/mol. The summed E-state index contributed by atoms with van der Waals surface area (Å²) in [5.74, 6) is -1.56. The third kappa shape index (κ3) is 5.90. The maximum Gasteiger partial charge on any atom is 0.350 e. The predicted molar refractivity (Wildman–Crippen MR) is 138 cm³/mol. The molecule has 39 heavy (non-hydrogen) atoms. The number of carbonyl (C=O) groups excluding carboxylic acids is 4. The smallest absolute Gasteiger partial charge is 0.350 e. The number of nitrogens with one attached hydrogen (secondary N) is 2. The van der Waals surface area contributed by atoms with E-state index in [0.717, 1.165) is 9.91 Å². The molecule has 3 aromatic rings. The van der Waals surface area contributed by atoms with Gasteiger partial charge in [-0.3, -0.25) is 19.8 Å². The Bertz CT molecular complexity index is 1390. The number of halogens is 1. The molecule has 2 N–H and O–H groups in total. The lowest BCUT2D eigenvalue weighted by Gasteiger charge is -2.22. The standard InChI is InChI=1S/C27H25FN4O7/c1-37-20-6-4-5-19(13-20)31-26(35)23(15-24(33)29-18-9-7-17(28)8-10-18)32(27(31)36)30-25(34)16-11-21(38-2)14-22(12-16)39-3/h4-14,23H,15H2,1-3H3,(H,29,33)(H,30,34)/t23-/m1/s1. The third-order valence-electron chi connectivity index (χ3n) is 5.87. The first-order valence-corrected chi connectivity index (χ1v) is 11.6. The summed E-state index contributed by atoms with van der Waals surface area (Å²) in [6.45, 7) is 0. The molecule has 1 aliphatic rings. The number of rotatable bonds is 9. The highest BCUT2D eigenvalue weighted by Gasteiger charge is 2.48. The van der Waals surface area contributed by atoms with E-state index in [1.54, 1.807) is 18.2 Å². The molecule has 1 heterocycles. The SMILES string of the molecule is COc1cc(OC)cc(C(=O)NN2C(=O)N(c3cccc(OC)c3)C(=O)[C@H]2CC(=O)Nc2ccc(F)cc2)c1. The van der Waals surface area contributed by atoms with Crippen LogP contribution in [0.5, 0.6) is 17.2 Å². The van der Waals surface area contributed by atoms with Crippen LogP contribution >= 0.6 is 0 Å². The van der Waals surface area contributed by atoms with Crippen molar-refractivity contribution in [2.45, 2.75) is 12.5 Å². The number of nitrogens with zero attached hydrogens (tertiary/aromatic N) is 2. The van der Waals surface area contributed by atoms with Gasteiger partial charge < -0.3 is 19.5 Å². The van der Waals surface area contributed by atoms with Crippen LogP contribution in [0.4, 0.5) is 20.6 Å². The number of amides is 5. The highest BCUT2D eigenvalue weighted by Crippen LogP contribution is 2.29. The molecule has 4 rings (SSSR count). The molecule has 0 radical (unpaired) electrons. The van der Waals surface area contributed by atoms with Crippen LogP contribution < -0.4 is 29.9 Å². The van der Waals surface area contributed by atoms with Crippen LogP contribution in [0.1, 0.15) is 16.8 Å². The molecule has 3 aromatic carbocycles. The van der Waals surface area contributed by atoms with Gasteiger partial charge in [0.05, 0.1) is 33.4 Å². The van der Waals surface area contributed by atoms with Crippen molar-refractivity contribution in [1.82, 2.24) is 10.4 Å². The van der Waals surface area contributed by atoms with Crippen LogP contribution in [0.3, 0.4) is 0 Å². The molecule has 0 aromatic heterocycles. The van der Waals surface area contributed by atoms with E-state index in [9.17, 15) is 23.6 Å². The number of hydrazine groups is 1. The van der Waals surface area contributed by atoms with Crippen LogP contribution in [0.25, 0.3) is 0 Å². The number of urea groups is 1. The van der Waals surface area contributed by atoms with Gasteiger partial charge in [-0.15, -0.1) is 0 Å². The Kier molecular flexibility index (Phi) is 7.94. The summed E-state index contributed by atoms with van der Waals surface area (Å²) in [5.41, 5.74) is 3.01. The Balaban J connectivity index is 1.64. The predicted octanol–water partition coefficient (Wildman–Crippen LogP) is 3.36. The molecule has 5 amide bonds. The molecule has 12 heteroatoms. The van der Waals surface area contributed by atoms with Crippen LogP contribution in [-0.2, 0) is 9.59 Å². The number of carbonyl (C=O) groups is 4. The summed E-state index contributed by atoms with van der Waals surface area (Å²) in [6.07, 6.45) is -0.496. The summed E-state index contributed by atoms with van der Waals surface area (Å²) in [6, 6.07) is 13.4. The van der Waals surface area contributed by atoms with E-state index in [4.69, 9.17) is 14.2 Å². The molecule has 202 valence electrons. The van der Waals surface area contributed by atoms with Crippen molar-refractivity contribution in [3.63, 3.8) is 0 Å². The van der Waals surface area contributed by atoms with Crippen molar-refractivity contribution in [3.05, 3.63) is 78.1 Å². The Hall–Kier alpha value is -5.13. The monoisotopic (exact) mass is 536 g/mol. The van der Waals surface area contributed by atoms with Crippen LogP contribution in [0, 0.1) is 5.82 Å². The first-order chi connectivity index (χ1) is 18.7. The summed E-state index contributed by atoms with van der Waals surface area (Å²) < 4.78 is 28.8. The molecule has 0 aliphatic carbocycles. The molecule has 1 fully saturated rings. The van der Waals surface area contributed by atoms with Crippen LogP contribution in [-0.4, -0.2) is 56.1 Å². The molecule has 0 bridgehead atoms. The summed E-state index contributed by atoms with van der Waals surface area (Å²) in [7, 11) is 4.27. The molecular formula is C27H25FN4O7. The lowest BCUT2D eigenvalue weighted by Crippen LogP contribution is -2.49. The Labute approximate surface area is 223 Å². The van der Waals surface area contributed by atoms with Crippen molar-refractivity contribution in [1.29, 1.82) is 0 Å². The zero-order chi connectivity index (χ0) is 28.1. The quantitative estimate of drug-likeness (QED) is 0.402. The van der Waals surface area contributed by atoms with Crippen molar-refractivity contribution in [3.8, 4) is 17.2 Å². The second-order valence-corrected chi connectivity index (χ2v) is 8.34. The number of ether oxygens (including phenoxy) is 3. The largest absolute Gasteiger partial charge is 0.497 e. The number of imide groups is 1. The van der Waals surface area contributed by atoms with E-state index in [0.29, 0.717) is 22.9 Å². The van der Waals surface area contributed by atoms with Gasteiger partial charge in [-0.25, -0.2) is 19.1 Å². The number of methoxy groups -OCH3 is 3. The lowest BCUT2D eigenvalue weighted by molar-refractivity contribution is -0.124. The van der Waals surface area contributed by atoms with E-state index in [1.165, 1.54) is 69.9 Å². The first-order valence-electron chi connectivity index (χ1n) is 11.6. The van der Waals surface area contributed by atoms with Gasteiger partial charge in [0, 0.05) is 23.4 Å². The van der Waals surface area contributed by atoms with Crippen molar-refractivity contribution in [2.75, 3.05) is 31.5 Å².